The Morgan fingerprint density at radius 2 is 1.76 bits per heavy atom. The number of para-hydroxylation sites is 1. The smallest absolute Gasteiger partial charge is 0.238 e. The van der Waals surface area contributed by atoms with Crippen LogP contribution in [0.25, 0.3) is 0 Å². The second kappa shape index (κ2) is 12.4. The van der Waals surface area contributed by atoms with E-state index in [9.17, 15) is 4.79 Å². The molecule has 156 valence electrons. The van der Waals surface area contributed by atoms with E-state index < -0.39 is 0 Å². The second-order valence-corrected chi connectivity index (χ2v) is 9.19. The summed E-state index contributed by atoms with van der Waals surface area (Å²) in [6, 6.07) is 17.4. The molecule has 0 bridgehead atoms. The van der Waals surface area contributed by atoms with Crippen LogP contribution in [-0.4, -0.2) is 28.0 Å². The van der Waals surface area contributed by atoms with Crippen LogP contribution in [-0.2, 0) is 11.3 Å². The molecule has 1 aliphatic carbocycles. The van der Waals surface area contributed by atoms with Crippen LogP contribution in [0.3, 0.4) is 0 Å². The van der Waals surface area contributed by atoms with Gasteiger partial charge in [0.05, 0.1) is 6.04 Å². The van der Waals surface area contributed by atoms with Gasteiger partial charge in [0, 0.05) is 16.8 Å². The predicted molar refractivity (Wildman–Crippen MR) is 130 cm³/mol. The topological polar surface area (TPSA) is 50.4 Å². The summed E-state index contributed by atoms with van der Waals surface area (Å²) in [7, 11) is 0. The standard InChI is InChI=1S/C23H29IN2O2S/c24-17-26-22(16-29-15-19-6-4-5-7-19)23(27)25-14-18-10-12-21(13-11-18)28-20-8-2-1-3-9-20/h1-3,8-13,19,22,26H,4-7,14-17H2,(H,25,27). The van der Waals surface area contributed by atoms with Crippen molar-refractivity contribution in [1.29, 1.82) is 0 Å². The van der Waals surface area contributed by atoms with Crippen molar-refractivity contribution in [2.75, 3.05) is 16.1 Å². The van der Waals surface area contributed by atoms with Crippen LogP contribution < -0.4 is 15.4 Å². The number of hydrogen-bond donors (Lipinski definition) is 2. The number of hydrogen-bond acceptors (Lipinski definition) is 4. The Hall–Kier alpha value is -1.25. The largest absolute Gasteiger partial charge is 0.457 e. The highest BCUT2D eigenvalue weighted by Crippen LogP contribution is 2.28. The van der Waals surface area contributed by atoms with Crippen molar-refractivity contribution in [3.8, 4) is 11.5 Å². The lowest BCUT2D eigenvalue weighted by Crippen LogP contribution is -2.45. The highest BCUT2D eigenvalue weighted by Gasteiger charge is 2.20. The number of carbonyl (C=O) groups is 1. The molecule has 1 atom stereocenters. The maximum atomic E-state index is 12.6. The lowest BCUT2D eigenvalue weighted by Gasteiger charge is -2.18. The maximum absolute atomic E-state index is 12.6. The van der Waals surface area contributed by atoms with Gasteiger partial charge in [-0.3, -0.25) is 10.1 Å². The van der Waals surface area contributed by atoms with Crippen molar-refractivity contribution in [3.05, 3.63) is 60.2 Å². The number of carbonyl (C=O) groups excluding carboxylic acids is 1. The summed E-state index contributed by atoms with van der Waals surface area (Å²) in [5.74, 6) is 4.53. The van der Waals surface area contributed by atoms with Crippen molar-refractivity contribution >= 4 is 40.3 Å². The lowest BCUT2D eigenvalue weighted by molar-refractivity contribution is -0.122. The quantitative estimate of drug-likeness (QED) is 0.236. The average Bonchev–Trinajstić information content (AvgIpc) is 3.27. The number of thioether (sulfide) groups is 1. The van der Waals surface area contributed by atoms with Gasteiger partial charge in [-0.2, -0.15) is 11.8 Å². The van der Waals surface area contributed by atoms with Gasteiger partial charge in [0.2, 0.25) is 5.91 Å². The first kappa shape index (κ1) is 22.4. The fraction of sp³-hybridized carbons (Fsp3) is 0.435. The lowest BCUT2D eigenvalue weighted by atomic mass is 10.1. The first-order valence-corrected chi connectivity index (χ1v) is 12.9. The zero-order valence-electron chi connectivity index (χ0n) is 16.6. The Morgan fingerprint density at radius 3 is 2.45 bits per heavy atom. The Kier molecular flexibility index (Phi) is 9.63. The van der Waals surface area contributed by atoms with Gasteiger partial charge >= 0.3 is 0 Å². The number of benzene rings is 2. The summed E-state index contributed by atoms with van der Waals surface area (Å²) in [4.78, 5) is 12.6. The molecule has 3 rings (SSSR count). The normalized spacial score (nSPS) is 15.2. The highest BCUT2D eigenvalue weighted by molar-refractivity contribution is 14.1. The van der Waals surface area contributed by atoms with Gasteiger partial charge in [-0.25, -0.2) is 0 Å². The minimum absolute atomic E-state index is 0.0743. The fourth-order valence-electron chi connectivity index (χ4n) is 3.46. The van der Waals surface area contributed by atoms with Gasteiger partial charge < -0.3 is 10.1 Å². The molecule has 0 aromatic heterocycles. The van der Waals surface area contributed by atoms with E-state index in [0.29, 0.717) is 6.54 Å². The molecule has 0 heterocycles. The van der Waals surface area contributed by atoms with E-state index in [1.54, 1.807) is 0 Å². The molecule has 1 amide bonds. The minimum atomic E-state index is -0.140. The maximum Gasteiger partial charge on any atom is 0.238 e. The molecule has 1 aliphatic rings. The minimum Gasteiger partial charge on any atom is -0.457 e. The molecular weight excluding hydrogens is 495 g/mol. The molecule has 0 radical (unpaired) electrons. The van der Waals surface area contributed by atoms with E-state index in [1.807, 2.05) is 66.4 Å². The van der Waals surface area contributed by atoms with E-state index in [1.165, 1.54) is 31.4 Å². The Labute approximate surface area is 191 Å². The zero-order valence-corrected chi connectivity index (χ0v) is 19.6. The summed E-state index contributed by atoms with van der Waals surface area (Å²) in [6.45, 7) is 0.525. The van der Waals surface area contributed by atoms with Gasteiger partial charge in [-0.05, 0) is 54.3 Å². The molecule has 4 nitrogen and oxygen atoms in total. The van der Waals surface area contributed by atoms with Gasteiger partial charge in [-0.15, -0.1) is 0 Å². The molecule has 1 fully saturated rings. The average molecular weight is 524 g/mol. The Balaban J connectivity index is 1.43. The molecule has 29 heavy (non-hydrogen) atoms. The van der Waals surface area contributed by atoms with E-state index >= 15 is 0 Å². The van der Waals surface area contributed by atoms with E-state index in [4.69, 9.17) is 4.74 Å². The number of rotatable bonds is 11. The summed E-state index contributed by atoms with van der Waals surface area (Å²) < 4.78 is 6.58. The van der Waals surface area contributed by atoms with Crippen molar-refractivity contribution in [2.45, 2.75) is 38.3 Å². The van der Waals surface area contributed by atoms with Crippen LogP contribution in [0.2, 0.25) is 0 Å². The van der Waals surface area contributed by atoms with Gasteiger partial charge in [0.1, 0.15) is 11.5 Å². The van der Waals surface area contributed by atoms with Crippen LogP contribution in [0.5, 0.6) is 11.5 Å². The van der Waals surface area contributed by atoms with Crippen molar-refractivity contribution in [3.63, 3.8) is 0 Å². The van der Waals surface area contributed by atoms with Crippen molar-refractivity contribution in [2.24, 2.45) is 5.92 Å². The monoisotopic (exact) mass is 524 g/mol. The molecule has 1 saturated carbocycles. The summed E-state index contributed by atoms with van der Waals surface area (Å²) in [5, 5.41) is 6.39. The molecule has 0 aliphatic heterocycles. The third kappa shape index (κ3) is 7.83. The highest BCUT2D eigenvalue weighted by atomic mass is 127. The summed E-state index contributed by atoms with van der Waals surface area (Å²) in [5.41, 5.74) is 1.06. The molecule has 2 aromatic rings. The third-order valence-electron chi connectivity index (χ3n) is 5.12. The molecule has 2 aromatic carbocycles. The second-order valence-electron chi connectivity index (χ2n) is 7.36. The van der Waals surface area contributed by atoms with Gasteiger partial charge in [0.25, 0.3) is 0 Å². The van der Waals surface area contributed by atoms with Crippen LogP contribution in [0.4, 0.5) is 0 Å². The van der Waals surface area contributed by atoms with Crippen molar-refractivity contribution < 1.29 is 9.53 Å². The third-order valence-corrected chi connectivity index (χ3v) is 6.84. The molecule has 2 N–H and O–H groups in total. The van der Waals surface area contributed by atoms with Gasteiger partial charge in [-0.1, -0.05) is 65.8 Å². The van der Waals surface area contributed by atoms with E-state index in [0.717, 1.165) is 33.3 Å². The summed E-state index contributed by atoms with van der Waals surface area (Å²) >= 11 is 4.17. The Bertz CT molecular complexity index is 736. The van der Waals surface area contributed by atoms with Crippen LogP contribution in [0.1, 0.15) is 31.2 Å². The van der Waals surface area contributed by atoms with Crippen LogP contribution in [0.15, 0.2) is 54.6 Å². The number of ether oxygens (including phenoxy) is 1. The molecule has 6 heteroatoms. The Morgan fingerprint density at radius 1 is 1.07 bits per heavy atom. The molecule has 0 saturated heterocycles. The molecule has 1 unspecified atom stereocenters. The van der Waals surface area contributed by atoms with Crippen molar-refractivity contribution in [1.82, 2.24) is 10.6 Å². The van der Waals surface area contributed by atoms with Crippen LogP contribution >= 0.6 is 34.4 Å². The van der Waals surface area contributed by atoms with E-state index in [2.05, 4.69) is 33.2 Å². The molecular formula is C23H29IN2O2S. The summed E-state index contributed by atoms with van der Waals surface area (Å²) in [6.07, 6.45) is 5.45. The zero-order chi connectivity index (χ0) is 20.3. The SMILES string of the molecule is O=C(NCc1ccc(Oc2ccccc2)cc1)C(CSCC1CCCC1)NCI. The molecule has 0 spiro atoms. The number of alkyl halides is 1. The van der Waals surface area contributed by atoms with E-state index in [-0.39, 0.29) is 11.9 Å². The fourth-order valence-corrected chi connectivity index (χ4v) is 5.30. The van der Waals surface area contributed by atoms with Crippen LogP contribution in [0, 0.1) is 5.92 Å². The number of amides is 1. The van der Waals surface area contributed by atoms with Gasteiger partial charge in [0.15, 0.2) is 0 Å². The first-order chi connectivity index (χ1) is 14.2. The number of halogens is 1. The number of nitrogens with one attached hydrogen (secondary N) is 2. The first-order valence-electron chi connectivity index (χ1n) is 10.2. The predicted octanol–water partition coefficient (Wildman–Crippen LogP) is 5.37.